The number of piperidine rings is 1. The zero-order valence-corrected chi connectivity index (χ0v) is 17.5. The number of aromatic nitrogens is 2. The van der Waals surface area contributed by atoms with Gasteiger partial charge in [0.25, 0.3) is 11.5 Å². The molecule has 2 aliphatic heterocycles. The molecule has 0 radical (unpaired) electrons. The van der Waals surface area contributed by atoms with Crippen molar-refractivity contribution in [2.45, 2.75) is 58.0 Å². The van der Waals surface area contributed by atoms with Gasteiger partial charge in [-0.05, 0) is 45.2 Å². The maximum atomic E-state index is 13.1. The zero-order valence-electron chi connectivity index (χ0n) is 15.9. The lowest BCUT2D eigenvalue weighted by Gasteiger charge is -2.32. The molecule has 0 aromatic carbocycles. The first-order valence-corrected chi connectivity index (χ1v) is 10.4. The molecule has 0 spiro atoms. The van der Waals surface area contributed by atoms with Gasteiger partial charge >= 0.3 is 0 Å². The number of carbonyl (C=O) groups is 1. The van der Waals surface area contributed by atoms with E-state index in [9.17, 15) is 9.59 Å². The number of aryl methyl sites for hydroxylation is 2. The van der Waals surface area contributed by atoms with E-state index in [-0.39, 0.29) is 23.9 Å². The lowest BCUT2D eigenvalue weighted by molar-refractivity contribution is 0.0702. The number of amides is 1. The molecular formula is C19H27ClN4O2S. The normalized spacial score (nSPS) is 20.1. The zero-order chi connectivity index (χ0) is 18.3. The van der Waals surface area contributed by atoms with Gasteiger partial charge in [0.1, 0.15) is 10.7 Å². The summed E-state index contributed by atoms with van der Waals surface area (Å²) in [6.45, 7) is 4.16. The van der Waals surface area contributed by atoms with Crippen LogP contribution in [-0.4, -0.2) is 46.5 Å². The molecule has 2 aromatic rings. The van der Waals surface area contributed by atoms with Gasteiger partial charge in [-0.25, -0.2) is 4.98 Å². The molecule has 0 bridgehead atoms. The van der Waals surface area contributed by atoms with Gasteiger partial charge in [0, 0.05) is 32.1 Å². The van der Waals surface area contributed by atoms with Gasteiger partial charge in [0.05, 0.1) is 10.3 Å². The molecule has 1 amide bonds. The Labute approximate surface area is 169 Å². The molecule has 0 saturated carbocycles. The minimum absolute atomic E-state index is 0. The van der Waals surface area contributed by atoms with Crippen LogP contribution in [0.4, 0.5) is 0 Å². The van der Waals surface area contributed by atoms with E-state index in [2.05, 4.69) is 5.32 Å². The highest BCUT2D eigenvalue weighted by molar-refractivity contribution is 7.20. The number of rotatable bonds is 2. The molecule has 6 nitrogen and oxygen atoms in total. The molecule has 1 atom stereocenters. The van der Waals surface area contributed by atoms with E-state index >= 15 is 0 Å². The number of halogens is 1. The van der Waals surface area contributed by atoms with E-state index in [1.165, 1.54) is 11.3 Å². The Morgan fingerprint density at radius 3 is 2.81 bits per heavy atom. The van der Waals surface area contributed by atoms with Crippen LogP contribution in [0.15, 0.2) is 4.79 Å². The first kappa shape index (κ1) is 20.3. The average molecular weight is 411 g/mol. The van der Waals surface area contributed by atoms with Crippen LogP contribution in [0.25, 0.3) is 10.2 Å². The second-order valence-corrected chi connectivity index (χ2v) is 8.41. The highest BCUT2D eigenvalue weighted by Crippen LogP contribution is 2.30. The first-order chi connectivity index (χ1) is 12.6. The van der Waals surface area contributed by atoms with Gasteiger partial charge in [-0.2, -0.15) is 0 Å². The van der Waals surface area contributed by atoms with Crippen LogP contribution in [0.2, 0.25) is 0 Å². The lowest BCUT2D eigenvalue weighted by Crippen LogP contribution is -2.46. The standard InChI is InChI=1S/C19H26N4O2S.ClH/c1-12-15-17(21-14-8-4-3-5-10-23(14)18(15)24)26-16(12)19(25)22-9-6-7-13(11-22)20-2;/h13,20H,3-11H2,1-2H3;1H. The number of nitrogens with one attached hydrogen (secondary N) is 1. The van der Waals surface area contributed by atoms with Gasteiger partial charge < -0.3 is 10.2 Å². The Kier molecular flexibility index (Phi) is 6.23. The monoisotopic (exact) mass is 410 g/mol. The fourth-order valence-corrected chi connectivity index (χ4v) is 5.31. The third-order valence-corrected chi connectivity index (χ3v) is 6.90. The van der Waals surface area contributed by atoms with Crippen LogP contribution >= 0.6 is 23.7 Å². The summed E-state index contributed by atoms with van der Waals surface area (Å²) in [7, 11) is 1.95. The quantitative estimate of drug-likeness (QED) is 0.826. The summed E-state index contributed by atoms with van der Waals surface area (Å²) in [4.78, 5) is 34.3. The number of carbonyl (C=O) groups excluding carboxylic acids is 1. The maximum Gasteiger partial charge on any atom is 0.264 e. The van der Waals surface area contributed by atoms with Crippen molar-refractivity contribution in [2.75, 3.05) is 20.1 Å². The topological polar surface area (TPSA) is 67.2 Å². The minimum atomic E-state index is 0. The largest absolute Gasteiger partial charge is 0.336 e. The summed E-state index contributed by atoms with van der Waals surface area (Å²) in [5.74, 6) is 0.929. The van der Waals surface area contributed by atoms with Gasteiger partial charge in [-0.3, -0.25) is 14.2 Å². The van der Waals surface area contributed by atoms with E-state index in [1.54, 1.807) is 0 Å². The molecule has 1 fully saturated rings. The molecule has 2 aromatic heterocycles. The van der Waals surface area contributed by atoms with Crippen LogP contribution in [0, 0.1) is 6.92 Å². The molecule has 27 heavy (non-hydrogen) atoms. The number of thiophene rings is 1. The van der Waals surface area contributed by atoms with Crippen LogP contribution in [0.5, 0.6) is 0 Å². The van der Waals surface area contributed by atoms with Crippen molar-refractivity contribution in [3.8, 4) is 0 Å². The number of hydrogen-bond acceptors (Lipinski definition) is 5. The molecular weight excluding hydrogens is 384 g/mol. The molecule has 0 aliphatic carbocycles. The number of nitrogens with zero attached hydrogens (tertiary/aromatic N) is 3. The van der Waals surface area contributed by atoms with Gasteiger partial charge in [-0.1, -0.05) is 6.42 Å². The van der Waals surface area contributed by atoms with Crippen molar-refractivity contribution in [2.24, 2.45) is 0 Å². The number of likely N-dealkylation sites (tertiary alicyclic amines) is 1. The van der Waals surface area contributed by atoms with Crippen molar-refractivity contribution in [1.82, 2.24) is 19.8 Å². The number of hydrogen-bond donors (Lipinski definition) is 1. The molecule has 4 heterocycles. The average Bonchev–Trinajstić information content (AvgIpc) is 2.83. The summed E-state index contributed by atoms with van der Waals surface area (Å²) in [6.07, 6.45) is 6.20. The van der Waals surface area contributed by atoms with E-state index in [0.717, 1.165) is 74.4 Å². The van der Waals surface area contributed by atoms with Gasteiger partial charge in [0.15, 0.2) is 0 Å². The van der Waals surface area contributed by atoms with Crippen LogP contribution < -0.4 is 10.9 Å². The molecule has 4 rings (SSSR count). The molecule has 148 valence electrons. The molecule has 8 heteroatoms. The fraction of sp³-hybridized carbons (Fsp3) is 0.632. The molecule has 1 unspecified atom stereocenters. The van der Waals surface area contributed by atoms with Crippen LogP contribution in [0.3, 0.4) is 0 Å². The van der Waals surface area contributed by atoms with Crippen molar-refractivity contribution >= 4 is 39.9 Å². The number of likely N-dealkylation sites (N-methyl/N-ethyl adjacent to an activating group) is 1. The van der Waals surface area contributed by atoms with Crippen molar-refractivity contribution in [1.29, 1.82) is 0 Å². The Balaban J connectivity index is 0.00000210. The second kappa shape index (κ2) is 8.29. The van der Waals surface area contributed by atoms with Crippen molar-refractivity contribution in [3.63, 3.8) is 0 Å². The summed E-state index contributed by atoms with van der Waals surface area (Å²) < 4.78 is 1.83. The first-order valence-electron chi connectivity index (χ1n) is 9.59. The minimum Gasteiger partial charge on any atom is -0.336 e. The van der Waals surface area contributed by atoms with Gasteiger partial charge in [0.2, 0.25) is 0 Å². The summed E-state index contributed by atoms with van der Waals surface area (Å²) >= 11 is 1.39. The fourth-order valence-electron chi connectivity index (χ4n) is 4.15. The van der Waals surface area contributed by atoms with Crippen molar-refractivity contribution < 1.29 is 4.79 Å². The molecule has 2 aliphatic rings. The maximum absolute atomic E-state index is 13.1. The van der Waals surface area contributed by atoms with Crippen molar-refractivity contribution in [3.05, 3.63) is 26.6 Å². The Morgan fingerprint density at radius 1 is 1.22 bits per heavy atom. The van der Waals surface area contributed by atoms with Crippen LogP contribution in [0.1, 0.15) is 53.2 Å². The number of fused-ring (bicyclic) bond motifs is 2. The van der Waals surface area contributed by atoms with Crippen LogP contribution in [-0.2, 0) is 13.0 Å². The Bertz CT molecular complexity index is 907. The summed E-state index contributed by atoms with van der Waals surface area (Å²) in [5.41, 5.74) is 0.838. The highest BCUT2D eigenvalue weighted by atomic mass is 35.5. The van der Waals surface area contributed by atoms with E-state index in [1.807, 2.05) is 23.4 Å². The molecule has 1 N–H and O–H groups in total. The summed E-state index contributed by atoms with van der Waals surface area (Å²) in [5, 5.41) is 3.92. The second-order valence-electron chi connectivity index (χ2n) is 7.41. The highest BCUT2D eigenvalue weighted by Gasteiger charge is 2.28. The Hall–Kier alpha value is -1.44. The SMILES string of the molecule is CNC1CCCN(C(=O)c2sc3nc4n(c(=O)c3c2C)CCCCC4)C1.Cl. The Morgan fingerprint density at radius 2 is 2.04 bits per heavy atom. The lowest BCUT2D eigenvalue weighted by atomic mass is 10.1. The van der Waals surface area contributed by atoms with Gasteiger partial charge in [-0.15, -0.1) is 23.7 Å². The van der Waals surface area contributed by atoms with E-state index < -0.39 is 0 Å². The third-order valence-electron chi connectivity index (χ3n) is 5.72. The van der Waals surface area contributed by atoms with E-state index in [4.69, 9.17) is 4.98 Å². The summed E-state index contributed by atoms with van der Waals surface area (Å²) in [6, 6.07) is 0.349. The third kappa shape index (κ3) is 3.65. The molecule has 1 saturated heterocycles. The van der Waals surface area contributed by atoms with E-state index in [0.29, 0.717) is 16.3 Å². The predicted octanol–water partition coefficient (Wildman–Crippen LogP) is 2.74. The smallest absolute Gasteiger partial charge is 0.264 e. The predicted molar refractivity (Wildman–Crippen MR) is 111 cm³/mol.